The third-order valence-corrected chi connectivity index (χ3v) is 16.1. The van der Waals surface area contributed by atoms with Crippen LogP contribution in [0.2, 0.25) is 0 Å². The Hall–Kier alpha value is -0.770. The predicted octanol–water partition coefficient (Wildman–Crippen LogP) is 5.71. The highest BCUT2D eigenvalue weighted by molar-refractivity contribution is 5.76. The molecule has 8 heteroatoms. The first-order valence-corrected chi connectivity index (χ1v) is 19.5. The third kappa shape index (κ3) is 5.22. The Kier molecular flexibility index (Phi) is 8.26. The Morgan fingerprint density at radius 2 is 1.70 bits per heavy atom. The lowest BCUT2D eigenvalue weighted by Gasteiger charge is -2.60. The van der Waals surface area contributed by atoms with Gasteiger partial charge in [-0.3, -0.25) is 4.79 Å². The zero-order valence-corrected chi connectivity index (χ0v) is 29.9. The van der Waals surface area contributed by atoms with Gasteiger partial charge in [0.2, 0.25) is 5.91 Å². The minimum Gasteiger partial charge on any atom is -0.388 e. The fraction of sp³-hybridized carbons (Fsp3) is 0.974. The molecule has 8 nitrogen and oxygen atoms in total. The van der Waals surface area contributed by atoms with Gasteiger partial charge in [-0.2, -0.15) is 0 Å². The maximum absolute atomic E-state index is 13.2. The lowest BCUT2D eigenvalue weighted by Crippen LogP contribution is -2.56. The fourth-order valence-corrected chi connectivity index (χ4v) is 13.6. The zero-order chi connectivity index (χ0) is 33.0. The van der Waals surface area contributed by atoms with Gasteiger partial charge in [0.25, 0.3) is 0 Å². The summed E-state index contributed by atoms with van der Waals surface area (Å²) in [5.74, 6) is 3.39. The van der Waals surface area contributed by atoms with E-state index in [2.05, 4.69) is 20.8 Å². The van der Waals surface area contributed by atoms with E-state index in [9.17, 15) is 15.0 Å². The lowest BCUT2D eigenvalue weighted by molar-refractivity contribution is -0.244. The molecule has 0 aromatic rings. The quantitative estimate of drug-likeness (QED) is 0.378. The molecule has 1 amide bonds. The van der Waals surface area contributed by atoms with Crippen molar-refractivity contribution in [1.82, 2.24) is 4.90 Å². The van der Waals surface area contributed by atoms with Crippen LogP contribution < -0.4 is 0 Å². The smallest absolute Gasteiger partial charge is 0.223 e. The molecule has 2 N–H and O–H groups in total. The van der Waals surface area contributed by atoms with Gasteiger partial charge in [-0.05, 0) is 142 Å². The van der Waals surface area contributed by atoms with Crippen LogP contribution in [0, 0.1) is 51.2 Å². The highest BCUT2D eigenvalue weighted by atomic mass is 16.7. The van der Waals surface area contributed by atoms with Crippen molar-refractivity contribution >= 4 is 5.91 Å². The van der Waals surface area contributed by atoms with Gasteiger partial charge in [0.1, 0.15) is 6.10 Å². The Morgan fingerprint density at radius 1 is 0.936 bits per heavy atom. The number of hydrogen-bond donors (Lipinski definition) is 2. The number of carbonyl (C=O) groups excluding carboxylic acids is 1. The van der Waals surface area contributed by atoms with Crippen molar-refractivity contribution in [3.05, 3.63) is 0 Å². The molecule has 0 aromatic carbocycles. The van der Waals surface area contributed by atoms with Crippen molar-refractivity contribution in [2.45, 2.75) is 154 Å². The summed E-state index contributed by atoms with van der Waals surface area (Å²) in [6, 6.07) is 0. The number of aliphatic hydroxyl groups excluding tert-OH is 1. The molecular formula is C39H63NO7. The predicted molar refractivity (Wildman–Crippen MR) is 177 cm³/mol. The zero-order valence-electron chi connectivity index (χ0n) is 29.9. The average molecular weight is 658 g/mol. The number of hydrogen-bond acceptors (Lipinski definition) is 7. The molecule has 5 saturated carbocycles. The first-order valence-electron chi connectivity index (χ1n) is 19.5. The van der Waals surface area contributed by atoms with Gasteiger partial charge < -0.3 is 34.1 Å². The normalized spacial score (nSPS) is 48.4. The van der Waals surface area contributed by atoms with Crippen LogP contribution in [0.4, 0.5) is 0 Å². The highest BCUT2D eigenvalue weighted by Gasteiger charge is 2.80. The summed E-state index contributed by atoms with van der Waals surface area (Å²) in [5, 5.41) is 21.4. The largest absolute Gasteiger partial charge is 0.388 e. The Balaban J connectivity index is 0.925. The molecule has 8 rings (SSSR count). The van der Waals surface area contributed by atoms with E-state index in [4.69, 9.17) is 18.9 Å². The fourth-order valence-electron chi connectivity index (χ4n) is 13.6. The second-order valence-corrected chi connectivity index (χ2v) is 19.0. The molecule has 12 atom stereocenters. The number of ether oxygens (including phenoxy) is 4. The molecule has 0 bridgehead atoms. The summed E-state index contributed by atoms with van der Waals surface area (Å²) in [5.41, 5.74) is 0.155. The molecule has 8 fully saturated rings. The van der Waals surface area contributed by atoms with E-state index in [-0.39, 0.29) is 35.9 Å². The summed E-state index contributed by atoms with van der Waals surface area (Å²) in [4.78, 5) is 15.2. The van der Waals surface area contributed by atoms with Crippen molar-refractivity contribution < 1.29 is 34.0 Å². The SMILES string of the molecule is CC(C)(O)[C@@H](O)C1CCC2C(CC3C4CCC5C(C)(C)[C@@H](OC6CN(C(=O)CC7CCOCC7)CCO6)CC[C@@]56CC46CC[C@]23C)O1. The second-order valence-electron chi connectivity index (χ2n) is 19.0. The monoisotopic (exact) mass is 657 g/mol. The minimum atomic E-state index is -1.14. The molecule has 266 valence electrons. The van der Waals surface area contributed by atoms with Crippen molar-refractivity contribution in [3.8, 4) is 0 Å². The number of rotatable bonds is 6. The van der Waals surface area contributed by atoms with Gasteiger partial charge in [-0.1, -0.05) is 20.8 Å². The summed E-state index contributed by atoms with van der Waals surface area (Å²) in [6.45, 7) is 14.3. The lowest BCUT2D eigenvalue weighted by atomic mass is 9.46. The van der Waals surface area contributed by atoms with Crippen molar-refractivity contribution in [2.24, 2.45) is 51.2 Å². The van der Waals surface area contributed by atoms with Crippen LogP contribution >= 0.6 is 0 Å². The van der Waals surface area contributed by atoms with E-state index in [0.29, 0.717) is 66.0 Å². The summed E-state index contributed by atoms with van der Waals surface area (Å²) in [7, 11) is 0. The van der Waals surface area contributed by atoms with Crippen molar-refractivity contribution in [3.63, 3.8) is 0 Å². The van der Waals surface area contributed by atoms with Gasteiger partial charge in [0, 0.05) is 26.2 Å². The first kappa shape index (κ1) is 33.4. The van der Waals surface area contributed by atoms with Crippen LogP contribution in [-0.2, 0) is 23.7 Å². The number of amides is 1. The third-order valence-electron chi connectivity index (χ3n) is 16.1. The van der Waals surface area contributed by atoms with Crippen LogP contribution in [0.15, 0.2) is 0 Å². The van der Waals surface area contributed by atoms with E-state index < -0.39 is 11.7 Å². The number of morpholine rings is 1. The molecular weight excluding hydrogens is 594 g/mol. The van der Waals surface area contributed by atoms with Crippen LogP contribution in [0.3, 0.4) is 0 Å². The Bertz CT molecular complexity index is 1200. The van der Waals surface area contributed by atoms with Gasteiger partial charge in [0.15, 0.2) is 6.29 Å². The molecule has 8 aliphatic rings. The number of nitrogens with zero attached hydrogens (tertiary/aromatic N) is 1. The van der Waals surface area contributed by atoms with E-state index in [1.807, 2.05) is 4.90 Å². The molecule has 47 heavy (non-hydrogen) atoms. The molecule has 3 heterocycles. The maximum Gasteiger partial charge on any atom is 0.223 e. The van der Waals surface area contributed by atoms with E-state index >= 15 is 0 Å². The number of aliphatic hydroxyl groups is 2. The molecule has 2 spiro atoms. The standard InChI is InChI=1S/C39H63NO7/c1-35(2)30-9-7-25-27-21-29-26(6-8-28(46-29)34(42)36(3,4)43)37(27,5)14-15-38(25)23-39(30,38)13-10-31(35)47-33-22-40(16-19-45-33)32(41)20-24-11-17-44-18-12-24/h24-31,33-34,42-43H,6-23H2,1-5H3/t25?,26?,27?,28?,29?,30?,31-,33?,34-,37+,38?,39+/m0/s1. The summed E-state index contributed by atoms with van der Waals surface area (Å²) < 4.78 is 25.2. The Labute approximate surface area is 283 Å². The topological polar surface area (TPSA) is 97.7 Å². The van der Waals surface area contributed by atoms with Gasteiger partial charge in [-0.25, -0.2) is 0 Å². The number of carbonyl (C=O) groups is 1. The van der Waals surface area contributed by atoms with E-state index in [0.717, 1.165) is 57.7 Å². The molecule has 3 saturated heterocycles. The Morgan fingerprint density at radius 3 is 2.47 bits per heavy atom. The summed E-state index contributed by atoms with van der Waals surface area (Å²) >= 11 is 0. The van der Waals surface area contributed by atoms with Crippen LogP contribution in [0.25, 0.3) is 0 Å². The van der Waals surface area contributed by atoms with Gasteiger partial charge >= 0.3 is 0 Å². The molecule has 3 aliphatic heterocycles. The molecule has 8 unspecified atom stereocenters. The second kappa shape index (κ2) is 11.6. The first-order chi connectivity index (χ1) is 22.3. The molecule has 0 aromatic heterocycles. The molecule has 0 radical (unpaired) electrons. The van der Waals surface area contributed by atoms with E-state index in [1.54, 1.807) is 13.8 Å². The van der Waals surface area contributed by atoms with Gasteiger partial charge in [0.05, 0.1) is 37.1 Å². The van der Waals surface area contributed by atoms with Crippen LogP contribution in [0.5, 0.6) is 0 Å². The van der Waals surface area contributed by atoms with Crippen LogP contribution in [0.1, 0.15) is 118 Å². The highest BCUT2D eigenvalue weighted by Crippen LogP contribution is 2.87. The molecule has 5 aliphatic carbocycles. The van der Waals surface area contributed by atoms with Crippen LogP contribution in [-0.4, -0.2) is 90.2 Å². The van der Waals surface area contributed by atoms with Crippen molar-refractivity contribution in [1.29, 1.82) is 0 Å². The van der Waals surface area contributed by atoms with Crippen molar-refractivity contribution in [2.75, 3.05) is 32.9 Å². The summed E-state index contributed by atoms with van der Waals surface area (Å²) in [6.07, 6.45) is 13.6. The minimum absolute atomic E-state index is 0.0679. The maximum atomic E-state index is 13.2. The number of fused-ring (bicyclic) bond motifs is 4. The average Bonchev–Trinajstić information content (AvgIpc) is 3.62. The van der Waals surface area contributed by atoms with E-state index in [1.165, 1.54) is 38.5 Å². The van der Waals surface area contributed by atoms with Gasteiger partial charge in [-0.15, -0.1) is 0 Å².